The fourth-order valence-corrected chi connectivity index (χ4v) is 3.46. The number of carbonyl (C=O) groups excluding carboxylic acids is 1. The summed E-state index contributed by atoms with van der Waals surface area (Å²) in [6, 6.07) is 22.7. The average Bonchev–Trinajstić information content (AvgIpc) is 3.42. The molecule has 0 radical (unpaired) electrons. The quantitative estimate of drug-likeness (QED) is 0.733. The van der Waals surface area contributed by atoms with E-state index in [0.717, 1.165) is 36.3 Å². The van der Waals surface area contributed by atoms with E-state index in [0.29, 0.717) is 13.2 Å². The van der Waals surface area contributed by atoms with Crippen LogP contribution in [0.5, 0.6) is 0 Å². The zero-order chi connectivity index (χ0) is 19.9. The minimum absolute atomic E-state index is 0.103. The number of nitrogens with one attached hydrogen (secondary N) is 1. The molecule has 6 heteroatoms. The Balaban J connectivity index is 1.29. The zero-order valence-corrected chi connectivity index (χ0v) is 16.2. The van der Waals surface area contributed by atoms with Crippen LogP contribution in [-0.2, 0) is 13.2 Å². The largest absolute Gasteiger partial charge is 0.344 e. The Kier molecular flexibility index (Phi) is 5.98. The Bertz CT molecular complexity index is 1000. The summed E-state index contributed by atoms with van der Waals surface area (Å²) in [6.45, 7) is 2.68. The first-order valence-corrected chi connectivity index (χ1v) is 9.84. The van der Waals surface area contributed by atoms with Crippen LogP contribution >= 0.6 is 0 Å². The maximum absolute atomic E-state index is 12.6. The number of nitrogens with zero attached hydrogens (tertiary/aromatic N) is 4. The molecule has 1 atom stereocenters. The van der Waals surface area contributed by atoms with Crippen molar-refractivity contribution in [1.82, 2.24) is 19.8 Å². The lowest BCUT2D eigenvalue weighted by Gasteiger charge is -2.17. The molecule has 3 aromatic rings. The molecule has 1 aromatic heterocycles. The molecule has 0 unspecified atom stereocenters. The van der Waals surface area contributed by atoms with Crippen LogP contribution in [0.15, 0.2) is 73.2 Å². The van der Waals surface area contributed by atoms with E-state index in [2.05, 4.69) is 21.2 Å². The number of hydrogen-bond acceptors (Lipinski definition) is 3. The van der Waals surface area contributed by atoms with Crippen molar-refractivity contribution in [2.24, 2.45) is 0 Å². The van der Waals surface area contributed by atoms with Crippen LogP contribution in [0.4, 0.5) is 0 Å². The highest BCUT2D eigenvalue weighted by atomic mass is 16.2. The van der Waals surface area contributed by atoms with Gasteiger partial charge in [0, 0.05) is 37.4 Å². The van der Waals surface area contributed by atoms with Crippen LogP contribution in [0.1, 0.15) is 28.0 Å². The van der Waals surface area contributed by atoms with Gasteiger partial charge in [0.15, 0.2) is 0 Å². The topological polar surface area (TPSA) is 54.5 Å². The number of carbonyl (C=O) groups is 1. The van der Waals surface area contributed by atoms with E-state index < -0.39 is 0 Å². The van der Waals surface area contributed by atoms with Gasteiger partial charge < -0.3 is 10.2 Å². The third kappa shape index (κ3) is 4.89. The second-order valence-corrected chi connectivity index (χ2v) is 7.12. The summed E-state index contributed by atoms with van der Waals surface area (Å²) in [7, 11) is 0. The molecule has 0 bridgehead atoms. The highest BCUT2D eigenvalue weighted by molar-refractivity contribution is 5.94. The van der Waals surface area contributed by atoms with Crippen molar-refractivity contribution in [3.63, 3.8) is 0 Å². The molecule has 29 heavy (non-hydrogen) atoms. The number of amides is 1. The predicted molar refractivity (Wildman–Crippen MR) is 113 cm³/mol. The maximum atomic E-state index is 12.6. The minimum Gasteiger partial charge on any atom is -0.337 e. The smallest absolute Gasteiger partial charge is 0.337 e. The van der Waals surface area contributed by atoms with Crippen LogP contribution in [0.25, 0.3) is 4.85 Å². The van der Waals surface area contributed by atoms with E-state index in [4.69, 9.17) is 0 Å². The molecular weight excluding hydrogens is 362 g/mol. The van der Waals surface area contributed by atoms with Gasteiger partial charge in [-0.2, -0.15) is 0 Å². The van der Waals surface area contributed by atoms with E-state index in [9.17, 15) is 4.79 Å². The monoisotopic (exact) mass is 386 g/mol. The Morgan fingerprint density at radius 2 is 1.90 bits per heavy atom. The molecule has 1 aliphatic heterocycles. The summed E-state index contributed by atoms with van der Waals surface area (Å²) in [6.07, 6.45) is 4.59. The summed E-state index contributed by atoms with van der Waals surface area (Å²) < 4.78 is 2.00. The van der Waals surface area contributed by atoms with E-state index in [1.807, 2.05) is 76.3 Å². The fraction of sp³-hybridized carbons (Fsp3) is 0.261. The van der Waals surface area contributed by atoms with Gasteiger partial charge in [-0.3, -0.25) is 9.36 Å². The number of likely N-dealkylation sites (tertiary alicyclic amines) is 1. The highest BCUT2D eigenvalue weighted by Crippen LogP contribution is 2.14. The second kappa shape index (κ2) is 9.18. The van der Waals surface area contributed by atoms with E-state index in [1.165, 1.54) is 0 Å². The highest BCUT2D eigenvalue weighted by Gasteiger charge is 2.26. The number of aromatic nitrogens is 2. The maximum Gasteiger partial charge on any atom is 0.344 e. The molecule has 1 N–H and O–H groups in total. The van der Waals surface area contributed by atoms with Crippen molar-refractivity contribution in [2.45, 2.75) is 25.7 Å². The van der Waals surface area contributed by atoms with Gasteiger partial charge in [0.1, 0.15) is 11.9 Å². The third-order valence-electron chi connectivity index (χ3n) is 5.07. The molecule has 0 spiro atoms. The standard InChI is InChI=1S/C23H24N5O/c29-23(20-9-5-2-6-10-20)27-12-11-21(16-27)26-15-22-14-25-18-28(22)17-24-13-19-7-3-1-4-8-19/h1-10,14,18,21,26H,11-12,15-17H2/q+1/t21-/m0/s1. The first-order chi connectivity index (χ1) is 14.3. The van der Waals surface area contributed by atoms with Gasteiger partial charge in [-0.15, -0.1) is 0 Å². The molecule has 0 aliphatic carbocycles. The van der Waals surface area contributed by atoms with Crippen molar-refractivity contribution in [3.05, 3.63) is 94.9 Å². The summed E-state index contributed by atoms with van der Waals surface area (Å²) in [5, 5.41) is 3.55. The first kappa shape index (κ1) is 18.9. The van der Waals surface area contributed by atoms with Gasteiger partial charge in [0.2, 0.25) is 0 Å². The molecule has 146 valence electrons. The molecule has 2 aromatic carbocycles. The lowest BCUT2D eigenvalue weighted by Crippen LogP contribution is -2.35. The van der Waals surface area contributed by atoms with Crippen LogP contribution in [0.3, 0.4) is 0 Å². The van der Waals surface area contributed by atoms with Crippen molar-refractivity contribution < 1.29 is 4.79 Å². The number of hydrogen-bond donors (Lipinski definition) is 1. The number of imidazole rings is 1. The molecule has 1 saturated heterocycles. The molecule has 1 fully saturated rings. The minimum atomic E-state index is 0.103. The first-order valence-electron chi connectivity index (χ1n) is 9.84. The van der Waals surface area contributed by atoms with Gasteiger partial charge in [-0.1, -0.05) is 41.2 Å². The number of benzene rings is 2. The van der Waals surface area contributed by atoms with E-state index >= 15 is 0 Å². The van der Waals surface area contributed by atoms with Crippen molar-refractivity contribution in [1.29, 1.82) is 0 Å². The summed E-state index contributed by atoms with van der Waals surface area (Å²) in [5.74, 6) is 0.103. The molecule has 1 amide bonds. The van der Waals surface area contributed by atoms with Crippen molar-refractivity contribution in [2.75, 3.05) is 13.1 Å². The Hall–Kier alpha value is -3.43. The van der Waals surface area contributed by atoms with Gasteiger partial charge in [0.05, 0.1) is 5.69 Å². The molecule has 6 nitrogen and oxygen atoms in total. The SMILES string of the molecule is O=C(c1ccccc1)N1CC[C@H](NCc2cncn2C[N+]#Cc2ccccc2)C1. The Labute approximate surface area is 170 Å². The van der Waals surface area contributed by atoms with E-state index in [-0.39, 0.29) is 11.9 Å². The molecular formula is C23H24N5O+. The fourth-order valence-electron chi connectivity index (χ4n) is 3.46. The van der Waals surface area contributed by atoms with Crippen molar-refractivity contribution in [3.8, 4) is 6.07 Å². The van der Waals surface area contributed by atoms with Crippen LogP contribution < -0.4 is 5.32 Å². The molecule has 1 aliphatic rings. The lowest BCUT2D eigenvalue weighted by atomic mass is 10.2. The van der Waals surface area contributed by atoms with Gasteiger partial charge in [0.25, 0.3) is 5.91 Å². The molecule has 0 saturated carbocycles. The van der Waals surface area contributed by atoms with Gasteiger partial charge in [-0.25, -0.2) is 4.98 Å². The summed E-state index contributed by atoms with van der Waals surface area (Å²) in [5.41, 5.74) is 2.77. The lowest BCUT2D eigenvalue weighted by molar-refractivity contribution is 0.0789. The molecule has 2 heterocycles. The summed E-state index contributed by atoms with van der Waals surface area (Å²) in [4.78, 5) is 23.1. The van der Waals surface area contributed by atoms with E-state index in [1.54, 1.807) is 6.33 Å². The van der Waals surface area contributed by atoms with Crippen LogP contribution in [0, 0.1) is 6.07 Å². The predicted octanol–water partition coefficient (Wildman–Crippen LogP) is 3.23. The molecule has 4 rings (SSSR count). The number of rotatable bonds is 5. The Morgan fingerprint density at radius 1 is 1.14 bits per heavy atom. The van der Waals surface area contributed by atoms with Crippen molar-refractivity contribution >= 4 is 5.91 Å². The van der Waals surface area contributed by atoms with Gasteiger partial charge >= 0.3 is 12.7 Å². The van der Waals surface area contributed by atoms with Crippen LogP contribution in [0.2, 0.25) is 0 Å². The normalized spacial score (nSPS) is 15.7. The zero-order valence-electron chi connectivity index (χ0n) is 16.2. The average molecular weight is 386 g/mol. The third-order valence-corrected chi connectivity index (χ3v) is 5.07. The van der Waals surface area contributed by atoms with Crippen LogP contribution in [-0.4, -0.2) is 39.5 Å². The summed E-state index contributed by atoms with van der Waals surface area (Å²) >= 11 is 0. The van der Waals surface area contributed by atoms with Gasteiger partial charge in [-0.05, 0) is 30.7 Å². The second-order valence-electron chi connectivity index (χ2n) is 7.12. The Morgan fingerprint density at radius 3 is 2.69 bits per heavy atom.